The molecule has 3 rings (SSSR count). The lowest BCUT2D eigenvalue weighted by Gasteiger charge is -2.08. The van der Waals surface area contributed by atoms with Crippen molar-refractivity contribution in [2.24, 2.45) is 0 Å². The Balaban J connectivity index is 1.82. The third-order valence-electron chi connectivity index (χ3n) is 3.90. The maximum atomic E-state index is 12.5. The van der Waals surface area contributed by atoms with Gasteiger partial charge in [-0.2, -0.15) is 10.2 Å². The predicted octanol–water partition coefficient (Wildman–Crippen LogP) is 4.67. The fraction of sp³-hybridized carbons (Fsp3) is 0.235. The highest BCUT2D eigenvalue weighted by Gasteiger charge is 2.18. The maximum Gasteiger partial charge on any atom is 0.276 e. The van der Waals surface area contributed by atoms with Gasteiger partial charge in [-0.05, 0) is 26.0 Å². The van der Waals surface area contributed by atoms with Gasteiger partial charge in [-0.25, -0.2) is 0 Å². The number of halogens is 3. The summed E-state index contributed by atoms with van der Waals surface area (Å²) in [6.07, 6.45) is 1.45. The zero-order valence-corrected chi connectivity index (χ0v) is 16.4. The number of nitrogens with zero attached hydrogens (tertiary/aromatic N) is 4. The zero-order chi connectivity index (χ0) is 18.8. The van der Waals surface area contributed by atoms with Gasteiger partial charge in [0.1, 0.15) is 5.69 Å². The van der Waals surface area contributed by atoms with Crippen molar-refractivity contribution in [3.63, 3.8) is 0 Å². The number of aryl methyl sites for hydroxylation is 2. The third kappa shape index (κ3) is 3.72. The van der Waals surface area contributed by atoms with Crippen molar-refractivity contribution in [1.82, 2.24) is 19.6 Å². The van der Waals surface area contributed by atoms with E-state index in [1.165, 1.54) is 10.9 Å². The molecule has 0 unspecified atom stereocenters. The van der Waals surface area contributed by atoms with Crippen LogP contribution < -0.4 is 5.32 Å². The average Bonchev–Trinajstić information content (AvgIpc) is 3.13. The van der Waals surface area contributed by atoms with E-state index in [0.717, 1.165) is 11.3 Å². The van der Waals surface area contributed by atoms with Gasteiger partial charge in [0, 0.05) is 33.9 Å². The van der Waals surface area contributed by atoms with Crippen LogP contribution in [0.4, 0.5) is 5.82 Å². The van der Waals surface area contributed by atoms with E-state index in [2.05, 4.69) is 15.5 Å². The van der Waals surface area contributed by atoms with Gasteiger partial charge >= 0.3 is 0 Å². The molecule has 0 aliphatic carbocycles. The first-order chi connectivity index (χ1) is 12.4. The third-order valence-corrected chi connectivity index (χ3v) is 4.89. The molecule has 0 radical (unpaired) electrons. The van der Waals surface area contributed by atoms with Crippen molar-refractivity contribution in [2.75, 3.05) is 5.32 Å². The number of rotatable bonds is 5. The lowest BCUT2D eigenvalue weighted by Crippen LogP contribution is -2.18. The molecule has 1 N–H and O–H groups in total. The fourth-order valence-corrected chi connectivity index (χ4v) is 3.31. The molecular weight excluding hydrogens is 397 g/mol. The van der Waals surface area contributed by atoms with Crippen molar-refractivity contribution < 1.29 is 4.79 Å². The summed E-state index contributed by atoms with van der Waals surface area (Å²) in [4.78, 5) is 12.5. The molecule has 0 atom stereocenters. The Hall–Kier alpha value is -2.02. The molecule has 136 valence electrons. The average molecular weight is 413 g/mol. The number of hydrogen-bond acceptors (Lipinski definition) is 3. The van der Waals surface area contributed by atoms with Crippen LogP contribution in [0, 0.1) is 6.92 Å². The van der Waals surface area contributed by atoms with Gasteiger partial charge in [0.15, 0.2) is 5.82 Å². The Bertz CT molecular complexity index is 943. The lowest BCUT2D eigenvalue weighted by atomic mass is 10.2. The highest BCUT2D eigenvalue weighted by Crippen LogP contribution is 2.26. The van der Waals surface area contributed by atoms with Crippen LogP contribution in [-0.2, 0) is 13.1 Å². The van der Waals surface area contributed by atoms with E-state index < -0.39 is 0 Å². The predicted molar refractivity (Wildman–Crippen MR) is 103 cm³/mol. The molecule has 26 heavy (non-hydrogen) atoms. The molecule has 0 saturated carbocycles. The largest absolute Gasteiger partial charge is 0.304 e. The minimum atomic E-state index is -0.366. The van der Waals surface area contributed by atoms with Gasteiger partial charge in [-0.1, -0.05) is 40.9 Å². The van der Waals surface area contributed by atoms with E-state index in [4.69, 9.17) is 34.8 Å². The van der Waals surface area contributed by atoms with Crippen molar-refractivity contribution >= 4 is 46.5 Å². The van der Waals surface area contributed by atoms with Crippen LogP contribution in [0.2, 0.25) is 15.1 Å². The smallest absolute Gasteiger partial charge is 0.276 e. The summed E-state index contributed by atoms with van der Waals surface area (Å²) in [7, 11) is 0. The molecular formula is C17H16Cl3N5O. The molecule has 1 aromatic carbocycles. The van der Waals surface area contributed by atoms with Crippen molar-refractivity contribution in [3.05, 3.63) is 62.5 Å². The summed E-state index contributed by atoms with van der Waals surface area (Å²) >= 11 is 18.5. The number of carbonyl (C=O) groups is 1. The minimum Gasteiger partial charge on any atom is -0.304 e. The first-order valence-electron chi connectivity index (χ1n) is 7.90. The Morgan fingerprint density at radius 1 is 1.15 bits per heavy atom. The highest BCUT2D eigenvalue weighted by molar-refractivity contribution is 6.36. The van der Waals surface area contributed by atoms with Crippen LogP contribution in [0.5, 0.6) is 0 Å². The quantitative estimate of drug-likeness (QED) is 0.662. The van der Waals surface area contributed by atoms with Gasteiger partial charge in [-0.15, -0.1) is 0 Å². The number of anilines is 1. The summed E-state index contributed by atoms with van der Waals surface area (Å²) in [5, 5.41) is 12.7. The molecule has 1 amide bonds. The van der Waals surface area contributed by atoms with Crippen LogP contribution in [0.3, 0.4) is 0 Å². The lowest BCUT2D eigenvalue weighted by molar-refractivity contribution is 0.101. The Kier molecular flexibility index (Phi) is 5.55. The summed E-state index contributed by atoms with van der Waals surface area (Å²) in [6, 6.07) is 7.11. The summed E-state index contributed by atoms with van der Waals surface area (Å²) in [5.74, 6) is 0.0466. The van der Waals surface area contributed by atoms with Crippen LogP contribution in [-0.4, -0.2) is 25.5 Å². The van der Waals surface area contributed by atoms with Crippen molar-refractivity contribution in [2.45, 2.75) is 26.9 Å². The second-order valence-electron chi connectivity index (χ2n) is 5.64. The molecule has 0 aliphatic heterocycles. The standard InChI is InChI=1S/C17H16Cl3N5O/c1-3-24-16(14(20)8-21-24)17(26)22-15-7-10(2)25(23-15)9-11-12(18)5-4-6-13(11)19/h4-8H,3,9H2,1-2H3,(H,22,23,26). The number of amides is 1. The van der Waals surface area contributed by atoms with E-state index in [-0.39, 0.29) is 5.91 Å². The number of aromatic nitrogens is 4. The Morgan fingerprint density at radius 2 is 1.85 bits per heavy atom. The van der Waals surface area contributed by atoms with E-state index >= 15 is 0 Å². The second kappa shape index (κ2) is 7.70. The maximum absolute atomic E-state index is 12.5. The number of hydrogen-bond donors (Lipinski definition) is 1. The molecule has 9 heteroatoms. The molecule has 0 saturated heterocycles. The normalized spacial score (nSPS) is 11.0. The zero-order valence-electron chi connectivity index (χ0n) is 14.1. The highest BCUT2D eigenvalue weighted by atomic mass is 35.5. The number of carbonyl (C=O) groups excluding carboxylic acids is 1. The van der Waals surface area contributed by atoms with E-state index in [9.17, 15) is 4.79 Å². The van der Waals surface area contributed by atoms with Crippen LogP contribution in [0.1, 0.15) is 28.7 Å². The van der Waals surface area contributed by atoms with Gasteiger partial charge in [0.25, 0.3) is 5.91 Å². The van der Waals surface area contributed by atoms with Crippen LogP contribution >= 0.6 is 34.8 Å². The van der Waals surface area contributed by atoms with Gasteiger partial charge in [0.05, 0.1) is 17.8 Å². The van der Waals surface area contributed by atoms with Gasteiger partial charge < -0.3 is 5.32 Å². The van der Waals surface area contributed by atoms with Crippen molar-refractivity contribution in [1.29, 1.82) is 0 Å². The summed E-state index contributed by atoms with van der Waals surface area (Å²) in [5.41, 5.74) is 1.92. The number of nitrogens with one attached hydrogen (secondary N) is 1. The van der Waals surface area contributed by atoms with E-state index in [0.29, 0.717) is 39.7 Å². The molecule has 0 aliphatic rings. The SMILES string of the molecule is CCn1ncc(Cl)c1C(=O)Nc1cc(C)n(Cc2c(Cl)cccc2Cl)n1. The monoisotopic (exact) mass is 411 g/mol. The molecule has 2 aromatic heterocycles. The molecule has 0 spiro atoms. The number of benzene rings is 1. The molecule has 0 bridgehead atoms. The molecule has 2 heterocycles. The minimum absolute atomic E-state index is 0.295. The topological polar surface area (TPSA) is 64.7 Å². The van der Waals surface area contributed by atoms with Gasteiger partial charge in [0.2, 0.25) is 0 Å². The second-order valence-corrected chi connectivity index (χ2v) is 6.86. The first-order valence-corrected chi connectivity index (χ1v) is 9.04. The van der Waals surface area contributed by atoms with Crippen molar-refractivity contribution in [3.8, 4) is 0 Å². The van der Waals surface area contributed by atoms with Crippen LogP contribution in [0.25, 0.3) is 0 Å². The Morgan fingerprint density at radius 3 is 2.50 bits per heavy atom. The summed E-state index contributed by atoms with van der Waals surface area (Å²) < 4.78 is 3.26. The molecule has 6 nitrogen and oxygen atoms in total. The first kappa shape index (κ1) is 18.8. The fourth-order valence-electron chi connectivity index (χ4n) is 2.57. The van der Waals surface area contributed by atoms with E-state index in [1.54, 1.807) is 28.9 Å². The molecule has 3 aromatic rings. The molecule has 0 fully saturated rings. The van der Waals surface area contributed by atoms with Gasteiger partial charge in [-0.3, -0.25) is 14.2 Å². The van der Waals surface area contributed by atoms with E-state index in [1.807, 2.05) is 13.8 Å². The summed E-state index contributed by atoms with van der Waals surface area (Å²) in [6.45, 7) is 4.70. The Labute approximate surface area is 165 Å². The van der Waals surface area contributed by atoms with Crippen LogP contribution in [0.15, 0.2) is 30.5 Å².